The monoisotopic (exact) mass is 286 g/mol. The predicted octanol–water partition coefficient (Wildman–Crippen LogP) is 3.51. The Kier molecular flexibility index (Phi) is 3.12. The van der Waals surface area contributed by atoms with Gasteiger partial charge in [-0.05, 0) is 29.9 Å². The van der Waals surface area contributed by atoms with Crippen molar-refractivity contribution >= 4 is 11.8 Å². The van der Waals surface area contributed by atoms with Gasteiger partial charge < -0.3 is 0 Å². The molecule has 0 amide bonds. The van der Waals surface area contributed by atoms with Crippen LogP contribution in [0.4, 0.5) is 0 Å². The summed E-state index contributed by atoms with van der Waals surface area (Å²) in [6.45, 7) is 0. The molecule has 0 unspecified atom stereocenters. The maximum absolute atomic E-state index is 4.57. The average Bonchev–Trinajstić information content (AvgIpc) is 2.83. The number of hydrogen-bond donors (Lipinski definition) is 0. The maximum Gasteiger partial charge on any atom is 0.153 e. The van der Waals surface area contributed by atoms with E-state index in [1.807, 2.05) is 49.0 Å². The zero-order valence-electron chi connectivity index (χ0n) is 11.9. The summed E-state index contributed by atoms with van der Waals surface area (Å²) < 4.78 is 1.78. The maximum atomic E-state index is 4.57. The third kappa shape index (κ3) is 2.46. The van der Waals surface area contributed by atoms with Gasteiger partial charge in [0.15, 0.2) is 5.82 Å². The number of rotatable bonds is 2. The second-order valence-electron chi connectivity index (χ2n) is 5.18. The third-order valence-electron chi connectivity index (χ3n) is 3.61. The van der Waals surface area contributed by atoms with Crippen molar-refractivity contribution in [2.45, 2.75) is 6.42 Å². The summed E-state index contributed by atoms with van der Waals surface area (Å²) in [4.78, 5) is 8.88. The van der Waals surface area contributed by atoms with Crippen LogP contribution in [0.15, 0.2) is 83.4 Å². The topological polar surface area (TPSA) is 43.1 Å². The molecule has 4 nitrogen and oxygen atoms in total. The quantitative estimate of drug-likeness (QED) is 0.848. The van der Waals surface area contributed by atoms with E-state index in [1.165, 1.54) is 5.57 Å². The fourth-order valence-electron chi connectivity index (χ4n) is 2.49. The highest BCUT2D eigenvalue weighted by Crippen LogP contribution is 2.25. The Balaban J connectivity index is 1.72. The first kappa shape index (κ1) is 12.7. The van der Waals surface area contributed by atoms with E-state index in [9.17, 15) is 0 Å². The van der Waals surface area contributed by atoms with Crippen LogP contribution >= 0.6 is 0 Å². The SMILES string of the molecule is C1=CC=C2CC(=C1)C=C(c1cnn(-c3ccccn3)c1)C=N2. The zero-order valence-corrected chi connectivity index (χ0v) is 11.9. The van der Waals surface area contributed by atoms with E-state index in [-0.39, 0.29) is 0 Å². The van der Waals surface area contributed by atoms with Crippen molar-refractivity contribution in [2.75, 3.05) is 0 Å². The van der Waals surface area contributed by atoms with Crippen molar-refractivity contribution in [2.24, 2.45) is 4.99 Å². The summed E-state index contributed by atoms with van der Waals surface area (Å²) in [6.07, 6.45) is 18.8. The second kappa shape index (κ2) is 5.41. The Morgan fingerprint density at radius 2 is 2.05 bits per heavy atom. The van der Waals surface area contributed by atoms with Crippen molar-refractivity contribution in [1.82, 2.24) is 14.8 Å². The fraction of sp³-hybridized carbons (Fsp3) is 0.0556. The van der Waals surface area contributed by atoms with Crippen LogP contribution < -0.4 is 0 Å². The van der Waals surface area contributed by atoms with E-state index in [2.05, 4.69) is 33.3 Å². The molecule has 0 saturated carbocycles. The molecule has 0 N–H and O–H groups in total. The first-order chi connectivity index (χ1) is 10.9. The van der Waals surface area contributed by atoms with Gasteiger partial charge in [0.25, 0.3) is 0 Å². The molecule has 106 valence electrons. The number of fused-ring (bicyclic) bond motifs is 2. The van der Waals surface area contributed by atoms with Crippen LogP contribution in [-0.2, 0) is 0 Å². The van der Waals surface area contributed by atoms with Gasteiger partial charge in [-0.3, -0.25) is 4.99 Å². The molecule has 0 radical (unpaired) electrons. The summed E-state index contributed by atoms with van der Waals surface area (Å²) in [6, 6.07) is 5.78. The molecule has 0 aromatic carbocycles. The Hall–Kier alpha value is -3.01. The van der Waals surface area contributed by atoms with E-state index in [0.717, 1.165) is 29.1 Å². The zero-order chi connectivity index (χ0) is 14.8. The molecular formula is C18H14N4. The number of allylic oxidation sites excluding steroid dienone is 7. The van der Waals surface area contributed by atoms with E-state index in [1.54, 1.807) is 10.9 Å². The van der Waals surface area contributed by atoms with Gasteiger partial charge in [-0.1, -0.05) is 24.3 Å². The number of aliphatic imine (C=N–C) groups is 1. The first-order valence-corrected chi connectivity index (χ1v) is 7.17. The van der Waals surface area contributed by atoms with Gasteiger partial charge in [0.05, 0.1) is 6.20 Å². The predicted molar refractivity (Wildman–Crippen MR) is 87.8 cm³/mol. The summed E-state index contributed by atoms with van der Waals surface area (Å²) in [5, 5.41) is 4.40. The van der Waals surface area contributed by atoms with Gasteiger partial charge in [-0.2, -0.15) is 5.10 Å². The van der Waals surface area contributed by atoms with Crippen LogP contribution in [-0.4, -0.2) is 21.0 Å². The summed E-state index contributed by atoms with van der Waals surface area (Å²) in [5.74, 6) is 0.806. The minimum absolute atomic E-state index is 0.806. The van der Waals surface area contributed by atoms with Crippen molar-refractivity contribution in [1.29, 1.82) is 0 Å². The van der Waals surface area contributed by atoms with Crippen LogP contribution in [0.3, 0.4) is 0 Å². The highest BCUT2D eigenvalue weighted by Gasteiger charge is 2.10. The molecule has 0 fully saturated rings. The highest BCUT2D eigenvalue weighted by atomic mass is 15.3. The van der Waals surface area contributed by atoms with E-state index < -0.39 is 0 Å². The van der Waals surface area contributed by atoms with Crippen molar-refractivity contribution in [3.05, 3.63) is 84.0 Å². The molecule has 2 aliphatic rings. The minimum Gasteiger partial charge on any atom is -0.260 e. The Labute approximate surface area is 128 Å². The van der Waals surface area contributed by atoms with Crippen LogP contribution in [0.25, 0.3) is 11.4 Å². The van der Waals surface area contributed by atoms with Gasteiger partial charge in [0.1, 0.15) is 0 Å². The van der Waals surface area contributed by atoms with Crippen LogP contribution in [0.2, 0.25) is 0 Å². The van der Waals surface area contributed by atoms with Crippen LogP contribution in [0, 0.1) is 0 Å². The molecule has 4 rings (SSSR count). The second-order valence-corrected chi connectivity index (χ2v) is 5.18. The summed E-state index contributed by atoms with van der Waals surface area (Å²) in [5.41, 5.74) is 4.42. The Morgan fingerprint density at radius 1 is 1.09 bits per heavy atom. The molecule has 0 spiro atoms. The normalized spacial score (nSPS) is 16.5. The van der Waals surface area contributed by atoms with E-state index in [4.69, 9.17) is 0 Å². The summed E-state index contributed by atoms with van der Waals surface area (Å²) >= 11 is 0. The van der Waals surface area contributed by atoms with Crippen molar-refractivity contribution in [3.63, 3.8) is 0 Å². The third-order valence-corrected chi connectivity index (χ3v) is 3.61. The fourth-order valence-corrected chi connectivity index (χ4v) is 2.49. The number of aromatic nitrogens is 3. The minimum atomic E-state index is 0.806. The molecule has 0 saturated heterocycles. The lowest BCUT2D eigenvalue weighted by Crippen LogP contribution is -1.96. The number of hydrogen-bond acceptors (Lipinski definition) is 3. The van der Waals surface area contributed by atoms with Crippen molar-refractivity contribution < 1.29 is 0 Å². The first-order valence-electron chi connectivity index (χ1n) is 7.17. The molecule has 3 heterocycles. The summed E-state index contributed by atoms with van der Waals surface area (Å²) in [7, 11) is 0. The van der Waals surface area contributed by atoms with Crippen LogP contribution in [0.5, 0.6) is 0 Å². The average molecular weight is 286 g/mol. The van der Waals surface area contributed by atoms with Gasteiger partial charge in [0, 0.05) is 41.9 Å². The molecule has 4 heteroatoms. The lowest BCUT2D eigenvalue weighted by molar-refractivity contribution is 0.847. The van der Waals surface area contributed by atoms with Gasteiger partial charge >= 0.3 is 0 Å². The van der Waals surface area contributed by atoms with Gasteiger partial charge in [-0.15, -0.1) is 0 Å². The highest BCUT2D eigenvalue weighted by molar-refractivity contribution is 6.11. The van der Waals surface area contributed by atoms with E-state index >= 15 is 0 Å². The molecule has 1 aliphatic heterocycles. The lowest BCUT2D eigenvalue weighted by atomic mass is 10.1. The van der Waals surface area contributed by atoms with Gasteiger partial charge in [0.2, 0.25) is 0 Å². The largest absolute Gasteiger partial charge is 0.260 e. The molecule has 2 aromatic rings. The smallest absolute Gasteiger partial charge is 0.153 e. The number of pyridine rings is 1. The van der Waals surface area contributed by atoms with Gasteiger partial charge in [-0.25, -0.2) is 9.67 Å². The molecule has 2 aromatic heterocycles. The van der Waals surface area contributed by atoms with Crippen molar-refractivity contribution in [3.8, 4) is 5.82 Å². The molecule has 2 bridgehead atoms. The molecular weight excluding hydrogens is 272 g/mol. The van der Waals surface area contributed by atoms with E-state index in [0.29, 0.717) is 0 Å². The molecule has 22 heavy (non-hydrogen) atoms. The number of nitrogens with zero attached hydrogens (tertiary/aromatic N) is 4. The molecule has 0 atom stereocenters. The Bertz CT molecular complexity index is 848. The van der Waals surface area contributed by atoms with Crippen LogP contribution in [0.1, 0.15) is 12.0 Å². The Morgan fingerprint density at radius 3 is 2.95 bits per heavy atom. The standard InChI is InChI=1S/C18H14N4/c1-2-6-17-10-14(5-1)9-15(11-20-17)16-12-21-22(13-16)18-7-3-4-8-19-18/h1-9,11-13H,10H2. The lowest BCUT2D eigenvalue weighted by Gasteiger charge is -1.99. The molecule has 1 aliphatic carbocycles.